The summed E-state index contributed by atoms with van der Waals surface area (Å²) < 4.78 is 5.85. The van der Waals surface area contributed by atoms with E-state index in [0.29, 0.717) is 11.8 Å². The summed E-state index contributed by atoms with van der Waals surface area (Å²) in [5.41, 5.74) is 5.25. The summed E-state index contributed by atoms with van der Waals surface area (Å²) in [5, 5.41) is 11.8. The predicted molar refractivity (Wildman–Crippen MR) is 105 cm³/mol. The lowest BCUT2D eigenvalue weighted by molar-refractivity contribution is -0.116. The molecule has 1 aliphatic heterocycles. The van der Waals surface area contributed by atoms with E-state index in [1.807, 2.05) is 55.1 Å². The number of aryl methyl sites for hydroxylation is 1. The van der Waals surface area contributed by atoms with E-state index in [1.54, 1.807) is 6.92 Å². The highest BCUT2D eigenvalue weighted by Crippen LogP contribution is 2.32. The first-order chi connectivity index (χ1) is 13.0. The highest BCUT2D eigenvalue weighted by molar-refractivity contribution is 5.94. The van der Waals surface area contributed by atoms with Crippen molar-refractivity contribution in [2.75, 3.05) is 16.8 Å². The second-order valence-electron chi connectivity index (χ2n) is 6.94. The Morgan fingerprint density at radius 3 is 2.70 bits per heavy atom. The molecule has 0 radical (unpaired) electrons. The monoisotopic (exact) mass is 362 g/mol. The van der Waals surface area contributed by atoms with E-state index in [9.17, 15) is 4.79 Å². The van der Waals surface area contributed by atoms with Gasteiger partial charge in [0.05, 0.1) is 0 Å². The van der Waals surface area contributed by atoms with E-state index >= 15 is 0 Å². The summed E-state index contributed by atoms with van der Waals surface area (Å²) in [7, 11) is 0. The van der Waals surface area contributed by atoms with Gasteiger partial charge in [-0.05, 0) is 56.2 Å². The van der Waals surface area contributed by atoms with Gasteiger partial charge in [-0.15, -0.1) is 10.2 Å². The molecule has 3 aromatic rings. The van der Waals surface area contributed by atoms with Crippen LogP contribution in [0.15, 0.2) is 46.9 Å². The Kier molecular flexibility index (Phi) is 4.39. The molecule has 0 spiro atoms. The van der Waals surface area contributed by atoms with Crippen LogP contribution in [0.1, 0.15) is 36.9 Å². The number of benzene rings is 2. The van der Waals surface area contributed by atoms with Gasteiger partial charge in [-0.3, -0.25) is 4.79 Å². The zero-order chi connectivity index (χ0) is 19.0. The van der Waals surface area contributed by atoms with Crippen LogP contribution in [0.2, 0.25) is 0 Å². The number of anilines is 2. The van der Waals surface area contributed by atoms with Crippen molar-refractivity contribution in [2.24, 2.45) is 0 Å². The Hall–Kier alpha value is -3.15. The van der Waals surface area contributed by atoms with Gasteiger partial charge in [0, 0.05) is 30.4 Å². The van der Waals surface area contributed by atoms with Crippen molar-refractivity contribution in [3.05, 3.63) is 59.5 Å². The SMILES string of the molecule is CC(=O)N1CCc2cc(N[C@H](C)c3nnc(-c4ccc(C)cc4)o3)ccc21. The molecule has 4 rings (SSSR count). The third kappa shape index (κ3) is 3.43. The highest BCUT2D eigenvalue weighted by atomic mass is 16.4. The van der Waals surface area contributed by atoms with Crippen LogP contribution in [0.4, 0.5) is 11.4 Å². The van der Waals surface area contributed by atoms with Gasteiger partial charge in [-0.2, -0.15) is 0 Å². The minimum Gasteiger partial charge on any atom is -0.418 e. The smallest absolute Gasteiger partial charge is 0.247 e. The lowest BCUT2D eigenvalue weighted by atomic mass is 10.1. The Bertz CT molecular complexity index is 978. The molecule has 0 aliphatic carbocycles. The zero-order valence-corrected chi connectivity index (χ0v) is 15.7. The van der Waals surface area contributed by atoms with Crippen LogP contribution >= 0.6 is 0 Å². The van der Waals surface area contributed by atoms with Gasteiger partial charge in [0.25, 0.3) is 0 Å². The molecule has 1 atom stereocenters. The zero-order valence-electron chi connectivity index (χ0n) is 15.7. The van der Waals surface area contributed by atoms with Crippen molar-refractivity contribution in [2.45, 2.75) is 33.2 Å². The number of amides is 1. The molecule has 0 saturated heterocycles. The number of carbonyl (C=O) groups is 1. The number of nitrogens with one attached hydrogen (secondary N) is 1. The number of nitrogens with zero attached hydrogens (tertiary/aromatic N) is 3. The molecule has 0 bridgehead atoms. The second kappa shape index (κ2) is 6.87. The van der Waals surface area contributed by atoms with Crippen LogP contribution < -0.4 is 10.2 Å². The summed E-state index contributed by atoms with van der Waals surface area (Å²) in [6, 6.07) is 13.9. The number of rotatable bonds is 4. The summed E-state index contributed by atoms with van der Waals surface area (Å²) in [6.45, 7) is 6.38. The third-order valence-electron chi connectivity index (χ3n) is 4.85. The van der Waals surface area contributed by atoms with Crippen molar-refractivity contribution in [1.82, 2.24) is 10.2 Å². The van der Waals surface area contributed by atoms with Crippen molar-refractivity contribution >= 4 is 17.3 Å². The van der Waals surface area contributed by atoms with Crippen LogP contribution in [-0.2, 0) is 11.2 Å². The number of hydrogen-bond donors (Lipinski definition) is 1. The van der Waals surface area contributed by atoms with Crippen molar-refractivity contribution in [1.29, 1.82) is 0 Å². The molecule has 2 heterocycles. The summed E-state index contributed by atoms with van der Waals surface area (Å²) in [5.74, 6) is 1.14. The number of hydrogen-bond acceptors (Lipinski definition) is 5. The van der Waals surface area contributed by atoms with Crippen molar-refractivity contribution in [3.8, 4) is 11.5 Å². The largest absolute Gasteiger partial charge is 0.418 e. The Labute approximate surface area is 158 Å². The third-order valence-corrected chi connectivity index (χ3v) is 4.85. The Morgan fingerprint density at radius 1 is 1.19 bits per heavy atom. The first kappa shape index (κ1) is 17.3. The molecule has 27 heavy (non-hydrogen) atoms. The van der Waals surface area contributed by atoms with E-state index in [0.717, 1.165) is 29.9 Å². The summed E-state index contributed by atoms with van der Waals surface area (Å²) in [4.78, 5) is 13.5. The van der Waals surface area contributed by atoms with E-state index in [2.05, 4.69) is 21.6 Å². The number of aromatic nitrogens is 2. The average molecular weight is 362 g/mol. The van der Waals surface area contributed by atoms with Crippen LogP contribution in [0.5, 0.6) is 0 Å². The first-order valence-corrected chi connectivity index (χ1v) is 9.09. The number of carbonyl (C=O) groups excluding carboxylic acids is 1. The normalized spacial score (nSPS) is 14.1. The quantitative estimate of drug-likeness (QED) is 0.756. The van der Waals surface area contributed by atoms with Gasteiger partial charge in [-0.1, -0.05) is 17.7 Å². The molecule has 0 saturated carbocycles. The van der Waals surface area contributed by atoms with Crippen molar-refractivity contribution in [3.63, 3.8) is 0 Å². The Balaban J connectivity index is 1.49. The fourth-order valence-corrected chi connectivity index (χ4v) is 3.35. The molecule has 1 aromatic heterocycles. The summed E-state index contributed by atoms with van der Waals surface area (Å²) in [6.07, 6.45) is 0.872. The molecule has 138 valence electrons. The molecule has 2 aromatic carbocycles. The van der Waals surface area contributed by atoms with Crippen LogP contribution in [0, 0.1) is 6.92 Å². The van der Waals surface area contributed by atoms with Gasteiger partial charge in [0.2, 0.25) is 17.7 Å². The maximum absolute atomic E-state index is 11.7. The van der Waals surface area contributed by atoms with E-state index in [4.69, 9.17) is 4.42 Å². The molecular weight excluding hydrogens is 340 g/mol. The fraction of sp³-hybridized carbons (Fsp3) is 0.286. The highest BCUT2D eigenvalue weighted by Gasteiger charge is 2.23. The molecule has 1 N–H and O–H groups in total. The predicted octanol–water partition coefficient (Wildman–Crippen LogP) is 4.13. The van der Waals surface area contributed by atoms with E-state index in [1.165, 1.54) is 11.1 Å². The average Bonchev–Trinajstić information content (AvgIpc) is 3.29. The first-order valence-electron chi connectivity index (χ1n) is 9.09. The van der Waals surface area contributed by atoms with Crippen LogP contribution in [0.25, 0.3) is 11.5 Å². The maximum atomic E-state index is 11.7. The summed E-state index contributed by atoms with van der Waals surface area (Å²) >= 11 is 0. The molecule has 1 aliphatic rings. The van der Waals surface area contributed by atoms with Crippen molar-refractivity contribution < 1.29 is 9.21 Å². The molecule has 6 nitrogen and oxygen atoms in total. The standard InChI is InChI=1S/C21H22N4O2/c1-13-4-6-16(7-5-13)21-24-23-20(27-21)14(2)22-18-8-9-19-17(12-18)10-11-25(19)15(3)26/h4-9,12,14,22H,10-11H2,1-3H3/t14-/m1/s1. The lowest BCUT2D eigenvalue weighted by Gasteiger charge is -2.16. The van der Waals surface area contributed by atoms with E-state index in [-0.39, 0.29) is 11.9 Å². The van der Waals surface area contributed by atoms with Gasteiger partial charge in [0.15, 0.2) is 0 Å². The Morgan fingerprint density at radius 2 is 1.96 bits per heavy atom. The van der Waals surface area contributed by atoms with Gasteiger partial charge in [-0.25, -0.2) is 0 Å². The van der Waals surface area contributed by atoms with Crippen LogP contribution in [-0.4, -0.2) is 22.6 Å². The molecule has 0 unspecified atom stereocenters. The number of fused-ring (bicyclic) bond motifs is 1. The molecular formula is C21H22N4O2. The van der Waals surface area contributed by atoms with E-state index < -0.39 is 0 Å². The fourth-order valence-electron chi connectivity index (χ4n) is 3.35. The van der Waals surface area contributed by atoms with Gasteiger partial charge >= 0.3 is 0 Å². The molecule has 6 heteroatoms. The lowest BCUT2D eigenvalue weighted by Crippen LogP contribution is -2.25. The minimum atomic E-state index is -0.125. The van der Waals surface area contributed by atoms with Crippen LogP contribution in [0.3, 0.4) is 0 Å². The van der Waals surface area contributed by atoms with Gasteiger partial charge < -0.3 is 14.6 Å². The topological polar surface area (TPSA) is 71.3 Å². The minimum absolute atomic E-state index is 0.0809. The van der Waals surface area contributed by atoms with Gasteiger partial charge in [0.1, 0.15) is 6.04 Å². The maximum Gasteiger partial charge on any atom is 0.247 e. The molecule has 0 fully saturated rings. The second-order valence-corrected chi connectivity index (χ2v) is 6.94. The molecule has 1 amide bonds.